The number of nitrogens with zero attached hydrogens (tertiary/aromatic N) is 3. The van der Waals surface area contributed by atoms with Crippen LogP contribution in [0, 0.1) is 0 Å². The van der Waals surface area contributed by atoms with Crippen LogP contribution in [0.4, 0.5) is 0 Å². The highest BCUT2D eigenvalue weighted by atomic mass is 15.4. The first-order valence-electron chi connectivity index (χ1n) is 6.36. The summed E-state index contributed by atoms with van der Waals surface area (Å²) in [6.07, 6.45) is 12.4. The fourth-order valence-corrected chi connectivity index (χ4v) is 1.69. The second kappa shape index (κ2) is 8.08. The van der Waals surface area contributed by atoms with Gasteiger partial charge in [0.2, 0.25) is 0 Å². The number of aryl methyl sites for hydroxylation is 2. The van der Waals surface area contributed by atoms with Gasteiger partial charge in [0.15, 0.2) is 0 Å². The largest absolute Gasteiger partial charge is 0.252 e. The summed E-state index contributed by atoms with van der Waals surface area (Å²) in [5.41, 5.74) is 1.08. The molecule has 1 aromatic heterocycles. The highest BCUT2D eigenvalue weighted by Gasteiger charge is 1.99. The Bertz CT molecular complexity index is 291. The summed E-state index contributed by atoms with van der Waals surface area (Å²) in [7, 11) is 0. The van der Waals surface area contributed by atoms with E-state index in [1.165, 1.54) is 32.1 Å². The van der Waals surface area contributed by atoms with Crippen LogP contribution in [0.15, 0.2) is 18.9 Å². The zero-order chi connectivity index (χ0) is 11.6. The first-order valence-corrected chi connectivity index (χ1v) is 6.36. The van der Waals surface area contributed by atoms with E-state index < -0.39 is 0 Å². The molecule has 1 heterocycles. The number of hydrogen-bond donors (Lipinski definition) is 0. The Balaban J connectivity index is 2.16. The fourth-order valence-electron chi connectivity index (χ4n) is 1.69. The molecule has 1 aromatic rings. The monoisotopic (exact) mass is 221 g/mol. The van der Waals surface area contributed by atoms with Gasteiger partial charge >= 0.3 is 0 Å². The van der Waals surface area contributed by atoms with Crippen LogP contribution < -0.4 is 0 Å². The number of aromatic nitrogens is 3. The molecule has 0 spiro atoms. The standard InChI is InChI=1S/C13H23N3/c1-3-5-7-8-9-11-16-12-13(14-15-16)10-6-4-2/h4,12H,2-3,5-11H2,1H3. The van der Waals surface area contributed by atoms with E-state index in [1.807, 2.05) is 10.8 Å². The lowest BCUT2D eigenvalue weighted by Crippen LogP contribution is -1.98. The fraction of sp³-hybridized carbons (Fsp3) is 0.692. The van der Waals surface area contributed by atoms with Crippen molar-refractivity contribution in [2.45, 2.75) is 58.4 Å². The normalized spacial score (nSPS) is 10.6. The summed E-state index contributed by atoms with van der Waals surface area (Å²) in [5.74, 6) is 0. The van der Waals surface area contributed by atoms with Crippen molar-refractivity contribution in [3.63, 3.8) is 0 Å². The van der Waals surface area contributed by atoms with E-state index in [2.05, 4.69) is 30.0 Å². The van der Waals surface area contributed by atoms with Crippen molar-refractivity contribution in [2.24, 2.45) is 0 Å². The molecule has 0 N–H and O–H groups in total. The van der Waals surface area contributed by atoms with Crippen LogP contribution >= 0.6 is 0 Å². The molecule has 0 saturated heterocycles. The number of hydrogen-bond acceptors (Lipinski definition) is 2. The Hall–Kier alpha value is -1.12. The lowest BCUT2D eigenvalue weighted by atomic mass is 10.1. The summed E-state index contributed by atoms with van der Waals surface area (Å²) in [6, 6.07) is 0. The average Bonchev–Trinajstić information content (AvgIpc) is 2.74. The molecular weight excluding hydrogens is 198 g/mol. The topological polar surface area (TPSA) is 30.7 Å². The molecule has 3 nitrogen and oxygen atoms in total. The minimum Gasteiger partial charge on any atom is -0.252 e. The molecular formula is C13H23N3. The van der Waals surface area contributed by atoms with Gasteiger partial charge in [-0.2, -0.15) is 0 Å². The molecule has 16 heavy (non-hydrogen) atoms. The highest BCUT2D eigenvalue weighted by molar-refractivity contribution is 4.94. The van der Waals surface area contributed by atoms with Crippen molar-refractivity contribution in [1.29, 1.82) is 0 Å². The van der Waals surface area contributed by atoms with Gasteiger partial charge in [-0.25, -0.2) is 0 Å². The Morgan fingerprint density at radius 3 is 2.88 bits per heavy atom. The molecule has 0 fully saturated rings. The van der Waals surface area contributed by atoms with Crippen LogP contribution in [0.5, 0.6) is 0 Å². The first-order chi connectivity index (χ1) is 7.86. The lowest BCUT2D eigenvalue weighted by molar-refractivity contribution is 0.521. The molecule has 0 aliphatic heterocycles. The Kier molecular flexibility index (Phi) is 6.54. The van der Waals surface area contributed by atoms with Gasteiger partial charge in [0.1, 0.15) is 0 Å². The second-order valence-corrected chi connectivity index (χ2v) is 4.21. The van der Waals surface area contributed by atoms with E-state index in [-0.39, 0.29) is 0 Å². The number of allylic oxidation sites excluding steroid dienone is 1. The van der Waals surface area contributed by atoms with E-state index in [0.717, 1.165) is 25.1 Å². The van der Waals surface area contributed by atoms with E-state index in [4.69, 9.17) is 0 Å². The molecule has 0 radical (unpaired) electrons. The predicted octanol–water partition coefficient (Wildman–Crippen LogP) is 3.37. The molecule has 0 bridgehead atoms. The van der Waals surface area contributed by atoms with Crippen molar-refractivity contribution >= 4 is 0 Å². The van der Waals surface area contributed by atoms with Gasteiger partial charge in [0, 0.05) is 12.7 Å². The summed E-state index contributed by atoms with van der Waals surface area (Å²) < 4.78 is 1.96. The van der Waals surface area contributed by atoms with Crippen LogP contribution in [-0.4, -0.2) is 15.0 Å². The maximum Gasteiger partial charge on any atom is 0.0830 e. The van der Waals surface area contributed by atoms with Crippen LogP contribution in [-0.2, 0) is 13.0 Å². The van der Waals surface area contributed by atoms with Gasteiger partial charge in [-0.1, -0.05) is 43.9 Å². The van der Waals surface area contributed by atoms with E-state index in [1.54, 1.807) is 0 Å². The number of rotatable bonds is 9. The van der Waals surface area contributed by atoms with Gasteiger partial charge in [-0.05, 0) is 19.3 Å². The third-order valence-electron chi connectivity index (χ3n) is 2.68. The van der Waals surface area contributed by atoms with Crippen molar-refractivity contribution in [3.05, 3.63) is 24.5 Å². The van der Waals surface area contributed by atoms with Crippen molar-refractivity contribution in [1.82, 2.24) is 15.0 Å². The summed E-state index contributed by atoms with van der Waals surface area (Å²) in [5, 5.41) is 8.25. The maximum absolute atomic E-state index is 4.13. The Labute approximate surface area is 98.6 Å². The zero-order valence-electron chi connectivity index (χ0n) is 10.4. The summed E-state index contributed by atoms with van der Waals surface area (Å²) in [4.78, 5) is 0. The van der Waals surface area contributed by atoms with E-state index >= 15 is 0 Å². The van der Waals surface area contributed by atoms with Gasteiger partial charge < -0.3 is 0 Å². The third-order valence-corrected chi connectivity index (χ3v) is 2.68. The maximum atomic E-state index is 4.13. The van der Waals surface area contributed by atoms with E-state index in [0.29, 0.717) is 0 Å². The molecule has 0 aliphatic carbocycles. The van der Waals surface area contributed by atoms with Gasteiger partial charge in [0.25, 0.3) is 0 Å². The quantitative estimate of drug-likeness (QED) is 0.473. The average molecular weight is 221 g/mol. The minimum atomic E-state index is 0.958. The second-order valence-electron chi connectivity index (χ2n) is 4.21. The molecule has 0 saturated carbocycles. The van der Waals surface area contributed by atoms with Crippen LogP contribution in [0.2, 0.25) is 0 Å². The molecule has 0 aliphatic rings. The van der Waals surface area contributed by atoms with Gasteiger partial charge in [-0.3, -0.25) is 4.68 Å². The SMILES string of the molecule is C=CCCc1cn(CCCCCCC)nn1. The van der Waals surface area contributed by atoms with Gasteiger partial charge in [-0.15, -0.1) is 11.7 Å². The third kappa shape index (κ3) is 5.10. The molecule has 0 amide bonds. The van der Waals surface area contributed by atoms with Crippen LogP contribution in [0.3, 0.4) is 0 Å². The lowest BCUT2D eigenvalue weighted by Gasteiger charge is -1.99. The van der Waals surface area contributed by atoms with Gasteiger partial charge in [0.05, 0.1) is 5.69 Å². The van der Waals surface area contributed by atoms with Crippen LogP contribution in [0.25, 0.3) is 0 Å². The smallest absolute Gasteiger partial charge is 0.0830 e. The highest BCUT2D eigenvalue weighted by Crippen LogP contribution is 2.04. The molecule has 3 heteroatoms. The van der Waals surface area contributed by atoms with Crippen molar-refractivity contribution in [2.75, 3.05) is 0 Å². The Morgan fingerprint density at radius 2 is 2.12 bits per heavy atom. The predicted molar refractivity (Wildman–Crippen MR) is 67.3 cm³/mol. The molecule has 0 aromatic carbocycles. The zero-order valence-corrected chi connectivity index (χ0v) is 10.4. The van der Waals surface area contributed by atoms with E-state index in [9.17, 15) is 0 Å². The minimum absolute atomic E-state index is 0.958. The molecule has 1 rings (SSSR count). The van der Waals surface area contributed by atoms with Crippen molar-refractivity contribution in [3.8, 4) is 0 Å². The first kappa shape index (κ1) is 12.9. The molecule has 90 valence electrons. The Morgan fingerprint density at radius 1 is 1.31 bits per heavy atom. The molecule has 0 unspecified atom stereocenters. The molecule has 0 atom stereocenters. The van der Waals surface area contributed by atoms with Crippen molar-refractivity contribution < 1.29 is 0 Å². The summed E-state index contributed by atoms with van der Waals surface area (Å²) in [6.45, 7) is 6.95. The summed E-state index contributed by atoms with van der Waals surface area (Å²) >= 11 is 0. The van der Waals surface area contributed by atoms with Crippen LogP contribution in [0.1, 0.15) is 51.1 Å². The number of unbranched alkanes of at least 4 members (excludes halogenated alkanes) is 4.